The number of methoxy groups -OCH3 is 2. The van der Waals surface area contributed by atoms with E-state index in [0.29, 0.717) is 23.2 Å². The Morgan fingerprint density at radius 3 is 2.53 bits per heavy atom. The summed E-state index contributed by atoms with van der Waals surface area (Å²) in [6.45, 7) is 4.48. The van der Waals surface area contributed by atoms with Gasteiger partial charge in [0.1, 0.15) is 11.4 Å². The number of hydrogen-bond acceptors (Lipinski definition) is 6. The van der Waals surface area contributed by atoms with Crippen LogP contribution >= 0.6 is 0 Å². The molecule has 0 bridgehead atoms. The maximum Gasteiger partial charge on any atom is 0.259 e. The van der Waals surface area contributed by atoms with E-state index in [2.05, 4.69) is 26.4 Å². The highest BCUT2D eigenvalue weighted by atomic mass is 16.5. The minimum atomic E-state index is -0.0409. The second-order valence-corrected chi connectivity index (χ2v) is 8.05. The van der Waals surface area contributed by atoms with Gasteiger partial charge in [0.2, 0.25) is 11.8 Å². The van der Waals surface area contributed by atoms with Gasteiger partial charge in [-0.3, -0.25) is 9.78 Å². The summed E-state index contributed by atoms with van der Waals surface area (Å²) in [7, 11) is 3.06. The van der Waals surface area contributed by atoms with E-state index in [-0.39, 0.29) is 5.91 Å². The van der Waals surface area contributed by atoms with Crippen molar-refractivity contribution in [3.05, 3.63) is 54.1 Å². The highest BCUT2D eigenvalue weighted by Crippen LogP contribution is 2.27. The van der Waals surface area contributed by atoms with E-state index in [0.717, 1.165) is 56.0 Å². The quantitative estimate of drug-likeness (QED) is 0.564. The zero-order valence-corrected chi connectivity index (χ0v) is 18.8. The van der Waals surface area contributed by atoms with Gasteiger partial charge in [0.25, 0.3) is 5.91 Å². The topological polar surface area (TPSA) is 82.4 Å². The van der Waals surface area contributed by atoms with Crippen LogP contribution < -0.4 is 9.47 Å². The lowest BCUT2D eigenvalue weighted by Gasteiger charge is -2.32. The van der Waals surface area contributed by atoms with Crippen molar-refractivity contribution in [2.24, 2.45) is 5.92 Å². The molecular weight excluding hydrogens is 406 g/mol. The van der Waals surface area contributed by atoms with Gasteiger partial charge in [-0.15, -0.1) is 0 Å². The third-order valence-corrected chi connectivity index (χ3v) is 6.12. The standard InChI is InChI=1S/C24H29N5O3/c1-17-16-26-22(19-6-11-25-12-7-19)29(17)15-10-18-8-13-28(14-9-18)24(30)20-4-5-21(31-2)27-23(20)32-3/h4-7,11-12,16,18H,8-10,13-15H2,1-3H3. The lowest BCUT2D eigenvalue weighted by molar-refractivity contribution is 0.0680. The van der Waals surface area contributed by atoms with Crippen molar-refractivity contribution in [1.29, 1.82) is 0 Å². The molecule has 3 aromatic rings. The molecule has 0 aromatic carbocycles. The molecule has 0 N–H and O–H groups in total. The Balaban J connectivity index is 1.35. The first-order valence-electron chi connectivity index (χ1n) is 10.9. The molecule has 1 aliphatic rings. The maximum atomic E-state index is 13.0. The van der Waals surface area contributed by atoms with Gasteiger partial charge in [-0.25, -0.2) is 4.98 Å². The molecule has 8 heteroatoms. The van der Waals surface area contributed by atoms with Crippen molar-refractivity contribution in [2.75, 3.05) is 27.3 Å². The number of pyridine rings is 2. The molecule has 32 heavy (non-hydrogen) atoms. The van der Waals surface area contributed by atoms with Crippen LogP contribution in [0.3, 0.4) is 0 Å². The number of ether oxygens (including phenoxy) is 2. The van der Waals surface area contributed by atoms with Crippen molar-refractivity contribution in [3.63, 3.8) is 0 Å². The molecule has 1 aliphatic heterocycles. The SMILES string of the molecule is COc1ccc(C(=O)N2CCC(CCn3c(C)cnc3-c3ccncc3)CC2)c(OC)n1. The van der Waals surface area contributed by atoms with Gasteiger partial charge in [0.15, 0.2) is 0 Å². The van der Waals surface area contributed by atoms with Crippen LogP contribution in [0.2, 0.25) is 0 Å². The van der Waals surface area contributed by atoms with Crippen LogP contribution in [-0.4, -0.2) is 57.6 Å². The highest BCUT2D eigenvalue weighted by Gasteiger charge is 2.26. The average Bonchev–Trinajstić information content (AvgIpc) is 3.22. The van der Waals surface area contributed by atoms with Crippen molar-refractivity contribution in [2.45, 2.75) is 32.7 Å². The number of carbonyl (C=O) groups is 1. The van der Waals surface area contributed by atoms with Gasteiger partial charge in [0, 0.05) is 55.5 Å². The van der Waals surface area contributed by atoms with Gasteiger partial charge in [-0.05, 0) is 50.3 Å². The molecule has 0 aliphatic carbocycles. The summed E-state index contributed by atoms with van der Waals surface area (Å²) < 4.78 is 12.7. The summed E-state index contributed by atoms with van der Waals surface area (Å²) in [5, 5.41) is 0. The summed E-state index contributed by atoms with van der Waals surface area (Å²) in [4.78, 5) is 27.9. The average molecular weight is 436 g/mol. The Labute approximate surface area is 188 Å². The van der Waals surface area contributed by atoms with Crippen molar-refractivity contribution < 1.29 is 14.3 Å². The molecule has 4 rings (SSSR count). The van der Waals surface area contributed by atoms with Gasteiger partial charge in [0.05, 0.1) is 14.2 Å². The minimum Gasteiger partial charge on any atom is -0.481 e. The smallest absolute Gasteiger partial charge is 0.259 e. The molecule has 8 nitrogen and oxygen atoms in total. The third kappa shape index (κ3) is 4.59. The molecule has 168 valence electrons. The van der Waals surface area contributed by atoms with Crippen LogP contribution in [-0.2, 0) is 6.54 Å². The Bertz CT molecular complexity index is 1060. The lowest BCUT2D eigenvalue weighted by atomic mass is 9.93. The third-order valence-electron chi connectivity index (χ3n) is 6.12. The monoisotopic (exact) mass is 435 g/mol. The Morgan fingerprint density at radius 1 is 1.09 bits per heavy atom. The van der Waals surface area contributed by atoms with Gasteiger partial charge in [-0.2, -0.15) is 4.98 Å². The molecule has 4 heterocycles. The first-order chi connectivity index (χ1) is 15.6. The second-order valence-electron chi connectivity index (χ2n) is 8.05. The maximum absolute atomic E-state index is 13.0. The molecule has 0 atom stereocenters. The first kappa shape index (κ1) is 21.8. The van der Waals surface area contributed by atoms with Crippen molar-refractivity contribution in [3.8, 4) is 23.1 Å². The first-order valence-corrected chi connectivity index (χ1v) is 10.9. The zero-order valence-electron chi connectivity index (χ0n) is 18.8. The molecule has 3 aromatic heterocycles. The predicted octanol–water partition coefficient (Wildman–Crippen LogP) is 3.61. The van der Waals surface area contributed by atoms with Crippen molar-refractivity contribution >= 4 is 5.91 Å². The van der Waals surface area contributed by atoms with E-state index in [1.165, 1.54) is 7.11 Å². The molecule has 1 saturated heterocycles. The number of carbonyl (C=O) groups excluding carboxylic acids is 1. The number of aryl methyl sites for hydroxylation is 1. The van der Waals surface area contributed by atoms with E-state index >= 15 is 0 Å². The van der Waals surface area contributed by atoms with Crippen LogP contribution in [0.25, 0.3) is 11.4 Å². The number of rotatable bonds is 7. The normalized spacial score (nSPS) is 14.4. The molecule has 1 amide bonds. The Kier molecular flexibility index (Phi) is 6.68. The number of piperidine rings is 1. The number of hydrogen-bond donors (Lipinski definition) is 0. The molecule has 0 spiro atoms. The van der Waals surface area contributed by atoms with Crippen LogP contribution in [0, 0.1) is 12.8 Å². The minimum absolute atomic E-state index is 0.0409. The van der Waals surface area contributed by atoms with E-state index in [1.807, 2.05) is 23.2 Å². The molecule has 1 fully saturated rings. The van der Waals surface area contributed by atoms with E-state index < -0.39 is 0 Å². The molecule has 0 unspecified atom stereocenters. The Hall–Kier alpha value is -3.42. The lowest BCUT2D eigenvalue weighted by Crippen LogP contribution is -2.38. The molecular formula is C24H29N5O3. The number of amides is 1. The molecule has 0 radical (unpaired) electrons. The highest BCUT2D eigenvalue weighted by molar-refractivity contribution is 5.96. The predicted molar refractivity (Wildman–Crippen MR) is 121 cm³/mol. The van der Waals surface area contributed by atoms with Gasteiger partial charge < -0.3 is 18.9 Å². The summed E-state index contributed by atoms with van der Waals surface area (Å²) in [5.74, 6) is 2.24. The van der Waals surface area contributed by atoms with E-state index in [4.69, 9.17) is 9.47 Å². The second kappa shape index (κ2) is 9.80. The number of likely N-dealkylation sites (tertiary alicyclic amines) is 1. The van der Waals surface area contributed by atoms with E-state index in [1.54, 1.807) is 31.6 Å². The van der Waals surface area contributed by atoms with Crippen LogP contribution in [0.5, 0.6) is 11.8 Å². The summed E-state index contributed by atoms with van der Waals surface area (Å²) in [6.07, 6.45) is 8.54. The van der Waals surface area contributed by atoms with Crippen LogP contribution in [0.15, 0.2) is 42.9 Å². The van der Waals surface area contributed by atoms with Gasteiger partial charge >= 0.3 is 0 Å². The number of nitrogens with zero attached hydrogens (tertiary/aromatic N) is 5. The Morgan fingerprint density at radius 2 is 1.84 bits per heavy atom. The number of aromatic nitrogens is 4. The van der Waals surface area contributed by atoms with Crippen LogP contribution in [0.1, 0.15) is 35.3 Å². The van der Waals surface area contributed by atoms with Crippen molar-refractivity contribution in [1.82, 2.24) is 24.4 Å². The molecule has 0 saturated carbocycles. The zero-order chi connectivity index (χ0) is 22.5. The fourth-order valence-electron chi connectivity index (χ4n) is 4.24. The fourth-order valence-corrected chi connectivity index (χ4v) is 4.24. The van der Waals surface area contributed by atoms with Crippen LogP contribution in [0.4, 0.5) is 0 Å². The van der Waals surface area contributed by atoms with Gasteiger partial charge in [-0.1, -0.05) is 0 Å². The summed E-state index contributed by atoms with van der Waals surface area (Å²) in [6, 6.07) is 7.40. The summed E-state index contributed by atoms with van der Waals surface area (Å²) >= 11 is 0. The fraction of sp³-hybridized carbons (Fsp3) is 0.417. The number of imidazole rings is 1. The summed E-state index contributed by atoms with van der Waals surface area (Å²) in [5.41, 5.74) is 2.71. The largest absolute Gasteiger partial charge is 0.481 e. The van der Waals surface area contributed by atoms with E-state index in [9.17, 15) is 4.79 Å².